The second kappa shape index (κ2) is 6.31. The lowest BCUT2D eigenvalue weighted by Gasteiger charge is -2.44. The van der Waals surface area contributed by atoms with Crippen LogP contribution in [0.5, 0.6) is 0 Å². The van der Waals surface area contributed by atoms with E-state index in [-0.39, 0.29) is 30.3 Å². The molecule has 2 unspecified atom stereocenters. The zero-order valence-electron chi connectivity index (χ0n) is 12.2. The molecule has 6 heteroatoms. The average molecular weight is 304 g/mol. The Morgan fingerprint density at radius 2 is 1.65 bits per heavy atom. The predicted octanol–water partition coefficient (Wildman–Crippen LogP) is 0.942. The summed E-state index contributed by atoms with van der Waals surface area (Å²) in [4.78, 5) is 23.6. The standard InChI is InChI=1S/C14H25N3O2.ClH/c1-14(2,13(16)19)17-12(18)10-6-8-4-3-5-9(7-10)11(8)15;/h8-11H,3-7,15H2,1-2H3,(H2,16,19)(H,17,18);1H. The van der Waals surface area contributed by atoms with Gasteiger partial charge in [0.05, 0.1) is 0 Å². The Morgan fingerprint density at radius 3 is 2.10 bits per heavy atom. The van der Waals surface area contributed by atoms with Crippen LogP contribution in [0.3, 0.4) is 0 Å². The number of halogens is 1. The summed E-state index contributed by atoms with van der Waals surface area (Å²) < 4.78 is 0. The Hall–Kier alpha value is -0.810. The maximum Gasteiger partial charge on any atom is 0.242 e. The van der Waals surface area contributed by atoms with Crippen LogP contribution in [-0.4, -0.2) is 23.4 Å². The van der Waals surface area contributed by atoms with Gasteiger partial charge in [0, 0.05) is 12.0 Å². The van der Waals surface area contributed by atoms with E-state index in [2.05, 4.69) is 5.32 Å². The van der Waals surface area contributed by atoms with Gasteiger partial charge < -0.3 is 16.8 Å². The van der Waals surface area contributed by atoms with Crippen molar-refractivity contribution in [2.75, 3.05) is 0 Å². The van der Waals surface area contributed by atoms with Crippen molar-refractivity contribution in [2.45, 2.75) is 57.5 Å². The highest BCUT2D eigenvalue weighted by molar-refractivity contribution is 5.90. The van der Waals surface area contributed by atoms with E-state index in [1.807, 2.05) is 0 Å². The highest BCUT2D eigenvalue weighted by Gasteiger charge is 2.41. The molecule has 0 heterocycles. The lowest BCUT2D eigenvalue weighted by atomic mass is 9.65. The Kier molecular flexibility index (Phi) is 5.44. The molecule has 0 saturated heterocycles. The quantitative estimate of drug-likeness (QED) is 0.723. The van der Waals surface area contributed by atoms with Gasteiger partial charge in [0.1, 0.15) is 5.54 Å². The number of amides is 2. The summed E-state index contributed by atoms with van der Waals surface area (Å²) in [5, 5.41) is 2.78. The van der Waals surface area contributed by atoms with Gasteiger partial charge in [-0.2, -0.15) is 0 Å². The molecule has 116 valence electrons. The number of nitrogens with two attached hydrogens (primary N) is 2. The Bertz CT molecular complexity index is 373. The maximum atomic E-state index is 12.3. The van der Waals surface area contributed by atoms with E-state index in [0.717, 1.165) is 25.7 Å². The molecule has 2 fully saturated rings. The Balaban J connectivity index is 0.00000200. The smallest absolute Gasteiger partial charge is 0.242 e. The predicted molar refractivity (Wildman–Crippen MR) is 80.2 cm³/mol. The summed E-state index contributed by atoms with van der Waals surface area (Å²) in [6.45, 7) is 3.28. The molecule has 2 aliphatic rings. The molecule has 0 aromatic carbocycles. The number of carbonyl (C=O) groups is 2. The van der Waals surface area contributed by atoms with Crippen molar-refractivity contribution in [3.05, 3.63) is 0 Å². The van der Waals surface area contributed by atoms with Crippen molar-refractivity contribution < 1.29 is 9.59 Å². The lowest BCUT2D eigenvalue weighted by molar-refractivity contribution is -0.134. The number of carbonyl (C=O) groups excluding carboxylic acids is 2. The fourth-order valence-electron chi connectivity index (χ4n) is 3.47. The molecule has 20 heavy (non-hydrogen) atoms. The minimum absolute atomic E-state index is 0. The highest BCUT2D eigenvalue weighted by Crippen LogP contribution is 2.41. The van der Waals surface area contributed by atoms with E-state index in [0.29, 0.717) is 11.8 Å². The number of rotatable bonds is 3. The third-order valence-corrected chi connectivity index (χ3v) is 4.84. The van der Waals surface area contributed by atoms with Crippen molar-refractivity contribution in [3.63, 3.8) is 0 Å². The minimum atomic E-state index is -0.980. The van der Waals surface area contributed by atoms with Crippen LogP contribution in [0.15, 0.2) is 0 Å². The summed E-state index contributed by atoms with van der Waals surface area (Å²) in [7, 11) is 0. The molecule has 2 aliphatic carbocycles. The second-order valence-electron chi connectivity index (χ2n) is 6.68. The average Bonchev–Trinajstić information content (AvgIpc) is 2.27. The molecule has 0 radical (unpaired) electrons. The van der Waals surface area contributed by atoms with Crippen molar-refractivity contribution in [2.24, 2.45) is 29.2 Å². The third kappa shape index (κ3) is 3.44. The molecule has 2 amide bonds. The van der Waals surface area contributed by atoms with Crippen molar-refractivity contribution in [3.8, 4) is 0 Å². The molecule has 0 spiro atoms. The molecule has 2 atom stereocenters. The molecule has 0 aromatic rings. The van der Waals surface area contributed by atoms with Crippen LogP contribution in [0, 0.1) is 17.8 Å². The SMILES string of the molecule is CC(C)(NC(=O)C1CC2CCCC(C1)C2N)C(N)=O.Cl. The van der Waals surface area contributed by atoms with Gasteiger partial charge in [-0.15, -0.1) is 12.4 Å². The van der Waals surface area contributed by atoms with Crippen LogP contribution in [-0.2, 0) is 9.59 Å². The van der Waals surface area contributed by atoms with Crippen LogP contribution in [0.4, 0.5) is 0 Å². The number of fused-ring (bicyclic) bond motifs is 2. The van der Waals surface area contributed by atoms with E-state index in [1.54, 1.807) is 13.8 Å². The van der Waals surface area contributed by atoms with E-state index in [9.17, 15) is 9.59 Å². The molecule has 5 N–H and O–H groups in total. The fraction of sp³-hybridized carbons (Fsp3) is 0.857. The van der Waals surface area contributed by atoms with Crippen LogP contribution in [0.25, 0.3) is 0 Å². The van der Waals surface area contributed by atoms with E-state index < -0.39 is 11.4 Å². The minimum Gasteiger partial charge on any atom is -0.368 e. The molecule has 2 bridgehead atoms. The van der Waals surface area contributed by atoms with E-state index >= 15 is 0 Å². The van der Waals surface area contributed by atoms with Crippen molar-refractivity contribution >= 4 is 24.2 Å². The zero-order chi connectivity index (χ0) is 14.2. The maximum absolute atomic E-state index is 12.3. The van der Waals surface area contributed by atoms with Gasteiger partial charge in [0.25, 0.3) is 0 Å². The molecule has 5 nitrogen and oxygen atoms in total. The first kappa shape index (κ1) is 17.2. The summed E-state index contributed by atoms with van der Waals surface area (Å²) in [5.74, 6) is 0.342. The van der Waals surface area contributed by atoms with Gasteiger partial charge >= 0.3 is 0 Å². The molecule has 0 aliphatic heterocycles. The summed E-state index contributed by atoms with van der Waals surface area (Å²) in [6, 6.07) is 0.252. The van der Waals surface area contributed by atoms with Crippen LogP contribution in [0.2, 0.25) is 0 Å². The van der Waals surface area contributed by atoms with Gasteiger partial charge in [-0.3, -0.25) is 9.59 Å². The molecule has 2 saturated carbocycles. The summed E-state index contributed by atoms with van der Waals surface area (Å²) >= 11 is 0. The Labute approximate surface area is 126 Å². The molecular formula is C14H26ClN3O2. The first-order chi connectivity index (χ1) is 8.81. The summed E-state index contributed by atoms with van der Waals surface area (Å²) in [5.41, 5.74) is 10.5. The van der Waals surface area contributed by atoms with Gasteiger partial charge in [-0.25, -0.2) is 0 Å². The molecule has 0 aromatic heterocycles. The van der Waals surface area contributed by atoms with Crippen molar-refractivity contribution in [1.29, 1.82) is 0 Å². The van der Waals surface area contributed by atoms with Crippen LogP contribution in [0.1, 0.15) is 46.0 Å². The fourth-order valence-corrected chi connectivity index (χ4v) is 3.47. The van der Waals surface area contributed by atoms with Crippen LogP contribution < -0.4 is 16.8 Å². The first-order valence-corrected chi connectivity index (χ1v) is 7.19. The number of primary amides is 1. The van der Waals surface area contributed by atoms with E-state index in [1.165, 1.54) is 6.42 Å². The normalized spacial score (nSPS) is 33.0. The monoisotopic (exact) mass is 303 g/mol. The van der Waals surface area contributed by atoms with Gasteiger partial charge in [0.2, 0.25) is 11.8 Å². The number of hydrogen-bond donors (Lipinski definition) is 3. The lowest BCUT2D eigenvalue weighted by Crippen LogP contribution is -2.56. The largest absolute Gasteiger partial charge is 0.368 e. The topological polar surface area (TPSA) is 98.2 Å². The number of nitrogens with one attached hydrogen (secondary N) is 1. The third-order valence-electron chi connectivity index (χ3n) is 4.84. The van der Waals surface area contributed by atoms with E-state index in [4.69, 9.17) is 11.5 Å². The zero-order valence-corrected chi connectivity index (χ0v) is 13.0. The first-order valence-electron chi connectivity index (χ1n) is 7.19. The van der Waals surface area contributed by atoms with Gasteiger partial charge in [-0.05, 0) is 51.4 Å². The van der Waals surface area contributed by atoms with Gasteiger partial charge in [-0.1, -0.05) is 6.42 Å². The molecular weight excluding hydrogens is 278 g/mol. The number of hydrogen-bond acceptors (Lipinski definition) is 3. The Morgan fingerprint density at radius 1 is 1.15 bits per heavy atom. The van der Waals surface area contributed by atoms with Crippen molar-refractivity contribution in [1.82, 2.24) is 5.32 Å². The van der Waals surface area contributed by atoms with Crippen LogP contribution >= 0.6 is 12.4 Å². The van der Waals surface area contributed by atoms with Gasteiger partial charge in [0.15, 0.2) is 0 Å². The highest BCUT2D eigenvalue weighted by atomic mass is 35.5. The second-order valence-corrected chi connectivity index (χ2v) is 6.68. The molecule has 2 rings (SSSR count). The summed E-state index contributed by atoms with van der Waals surface area (Å²) in [6.07, 6.45) is 5.17.